The Hall–Kier alpha value is -2.54. The molecule has 0 bridgehead atoms. The van der Waals surface area contributed by atoms with Gasteiger partial charge in [-0.3, -0.25) is 9.36 Å². The third kappa shape index (κ3) is 3.45. The van der Waals surface area contributed by atoms with Gasteiger partial charge in [0, 0.05) is 13.0 Å². The summed E-state index contributed by atoms with van der Waals surface area (Å²) >= 11 is 0. The first-order valence-electron chi connectivity index (χ1n) is 7.47. The van der Waals surface area contributed by atoms with E-state index in [1.54, 1.807) is 35.5 Å². The molecule has 0 aliphatic heterocycles. The van der Waals surface area contributed by atoms with Crippen molar-refractivity contribution < 1.29 is 5.11 Å². The first kappa shape index (κ1) is 15.4. The van der Waals surface area contributed by atoms with Crippen molar-refractivity contribution in [1.29, 1.82) is 0 Å². The van der Waals surface area contributed by atoms with Gasteiger partial charge >= 0.3 is 0 Å². The van der Waals surface area contributed by atoms with Crippen molar-refractivity contribution >= 4 is 10.9 Å². The Morgan fingerprint density at radius 3 is 2.78 bits per heavy atom. The number of nitrogens with zero attached hydrogens (tertiary/aromatic N) is 5. The van der Waals surface area contributed by atoms with Gasteiger partial charge in [-0.15, -0.1) is 0 Å². The second-order valence-corrected chi connectivity index (χ2v) is 6.16. The van der Waals surface area contributed by atoms with Crippen LogP contribution in [0.15, 0.2) is 41.7 Å². The zero-order valence-corrected chi connectivity index (χ0v) is 13.2. The fourth-order valence-corrected chi connectivity index (χ4v) is 2.47. The van der Waals surface area contributed by atoms with Gasteiger partial charge in [0.15, 0.2) is 0 Å². The molecule has 0 saturated heterocycles. The summed E-state index contributed by atoms with van der Waals surface area (Å²) in [5, 5.41) is 14.6. The van der Waals surface area contributed by atoms with Crippen LogP contribution in [0.2, 0.25) is 0 Å². The zero-order valence-electron chi connectivity index (χ0n) is 13.2. The Balaban J connectivity index is 1.81. The van der Waals surface area contributed by atoms with Crippen LogP contribution < -0.4 is 5.56 Å². The van der Waals surface area contributed by atoms with E-state index in [9.17, 15) is 9.90 Å². The minimum atomic E-state index is -0.871. The first-order chi connectivity index (χ1) is 10.9. The van der Waals surface area contributed by atoms with Gasteiger partial charge in [-0.05, 0) is 26.0 Å². The van der Waals surface area contributed by atoms with Crippen LogP contribution in [0.4, 0.5) is 0 Å². The van der Waals surface area contributed by atoms with Crippen molar-refractivity contribution in [2.24, 2.45) is 0 Å². The number of hydrogen-bond donors (Lipinski definition) is 1. The number of hydrogen-bond acceptors (Lipinski definition) is 5. The second-order valence-electron chi connectivity index (χ2n) is 6.16. The number of rotatable bonds is 5. The minimum absolute atomic E-state index is 0.0656. The van der Waals surface area contributed by atoms with Crippen LogP contribution in [0.25, 0.3) is 10.9 Å². The zero-order chi connectivity index (χ0) is 16.4. The molecule has 0 unspecified atom stereocenters. The maximum atomic E-state index is 12.4. The van der Waals surface area contributed by atoms with Crippen molar-refractivity contribution in [2.75, 3.05) is 0 Å². The summed E-state index contributed by atoms with van der Waals surface area (Å²) in [5.74, 6) is 0.729. The van der Waals surface area contributed by atoms with E-state index in [1.165, 1.54) is 6.33 Å². The van der Waals surface area contributed by atoms with Gasteiger partial charge in [-0.2, -0.15) is 5.10 Å². The Kier molecular flexibility index (Phi) is 3.96. The Labute approximate surface area is 133 Å². The average molecular weight is 313 g/mol. The molecule has 2 heterocycles. The molecule has 23 heavy (non-hydrogen) atoms. The molecule has 0 aliphatic carbocycles. The first-order valence-corrected chi connectivity index (χ1v) is 7.47. The third-order valence-electron chi connectivity index (χ3n) is 3.54. The van der Waals surface area contributed by atoms with Crippen LogP contribution in [-0.2, 0) is 19.5 Å². The van der Waals surface area contributed by atoms with Crippen molar-refractivity contribution in [2.45, 2.75) is 39.0 Å². The molecule has 120 valence electrons. The SMILES string of the molecule is CC(C)(O)Cn1ncnc1CCn1cnc2ccccc2c1=O. The summed E-state index contributed by atoms with van der Waals surface area (Å²) in [6.45, 7) is 4.25. The van der Waals surface area contributed by atoms with E-state index in [0.717, 1.165) is 5.82 Å². The predicted octanol–water partition coefficient (Wildman–Crippen LogP) is 1.00. The van der Waals surface area contributed by atoms with E-state index in [0.29, 0.717) is 30.4 Å². The standard InChI is InChI=1S/C16H19N5O2/c1-16(2,23)9-21-14(17-10-19-21)7-8-20-11-18-13-6-4-3-5-12(13)15(20)22/h3-6,10-11,23H,7-9H2,1-2H3. The van der Waals surface area contributed by atoms with Crippen LogP contribution in [0, 0.1) is 0 Å². The predicted molar refractivity (Wildman–Crippen MR) is 86.0 cm³/mol. The molecule has 0 amide bonds. The fraction of sp³-hybridized carbons (Fsp3) is 0.375. The average Bonchev–Trinajstić information content (AvgIpc) is 2.92. The highest BCUT2D eigenvalue weighted by atomic mass is 16.3. The molecule has 0 radical (unpaired) electrons. The van der Waals surface area contributed by atoms with Gasteiger partial charge in [-0.1, -0.05) is 12.1 Å². The summed E-state index contributed by atoms with van der Waals surface area (Å²) in [6, 6.07) is 7.28. The number of aliphatic hydroxyl groups is 1. The molecular weight excluding hydrogens is 294 g/mol. The molecule has 7 heteroatoms. The van der Waals surface area contributed by atoms with E-state index >= 15 is 0 Å². The van der Waals surface area contributed by atoms with Gasteiger partial charge in [0.2, 0.25) is 0 Å². The molecule has 0 fully saturated rings. The topological polar surface area (TPSA) is 85.8 Å². The molecular formula is C16H19N5O2. The lowest BCUT2D eigenvalue weighted by atomic mass is 10.1. The molecule has 1 N–H and O–H groups in total. The van der Waals surface area contributed by atoms with Crippen LogP contribution >= 0.6 is 0 Å². The highest BCUT2D eigenvalue weighted by molar-refractivity contribution is 5.76. The lowest BCUT2D eigenvalue weighted by molar-refractivity contribution is 0.0565. The van der Waals surface area contributed by atoms with Crippen LogP contribution in [0.1, 0.15) is 19.7 Å². The molecule has 0 atom stereocenters. The van der Waals surface area contributed by atoms with E-state index in [-0.39, 0.29) is 5.56 Å². The van der Waals surface area contributed by atoms with Crippen LogP contribution in [-0.4, -0.2) is 35.0 Å². The van der Waals surface area contributed by atoms with Gasteiger partial charge in [-0.25, -0.2) is 14.6 Å². The van der Waals surface area contributed by atoms with Crippen LogP contribution in [0.5, 0.6) is 0 Å². The Morgan fingerprint density at radius 2 is 2.00 bits per heavy atom. The van der Waals surface area contributed by atoms with E-state index in [1.807, 2.05) is 18.2 Å². The molecule has 3 aromatic rings. The minimum Gasteiger partial charge on any atom is -0.389 e. The maximum absolute atomic E-state index is 12.4. The van der Waals surface area contributed by atoms with Crippen molar-refractivity contribution in [3.63, 3.8) is 0 Å². The number of para-hydroxylation sites is 1. The van der Waals surface area contributed by atoms with Gasteiger partial charge in [0.1, 0.15) is 12.2 Å². The van der Waals surface area contributed by atoms with Crippen molar-refractivity contribution in [1.82, 2.24) is 24.3 Å². The molecule has 0 aliphatic rings. The van der Waals surface area contributed by atoms with Crippen LogP contribution in [0.3, 0.4) is 0 Å². The van der Waals surface area contributed by atoms with E-state index in [2.05, 4.69) is 15.1 Å². The van der Waals surface area contributed by atoms with Gasteiger partial charge < -0.3 is 5.11 Å². The molecule has 0 spiro atoms. The monoisotopic (exact) mass is 313 g/mol. The quantitative estimate of drug-likeness (QED) is 0.759. The number of aromatic nitrogens is 5. The second kappa shape index (κ2) is 5.92. The largest absolute Gasteiger partial charge is 0.389 e. The number of benzene rings is 1. The normalized spacial score (nSPS) is 12.0. The summed E-state index contributed by atoms with van der Waals surface area (Å²) in [7, 11) is 0. The van der Waals surface area contributed by atoms with Crippen molar-refractivity contribution in [3.8, 4) is 0 Å². The maximum Gasteiger partial charge on any atom is 0.261 e. The molecule has 3 rings (SSSR count). The fourth-order valence-electron chi connectivity index (χ4n) is 2.47. The summed E-state index contributed by atoms with van der Waals surface area (Å²) in [5.41, 5.74) is -0.243. The van der Waals surface area contributed by atoms with Gasteiger partial charge in [0.25, 0.3) is 5.56 Å². The van der Waals surface area contributed by atoms with E-state index < -0.39 is 5.60 Å². The smallest absolute Gasteiger partial charge is 0.261 e. The lowest BCUT2D eigenvalue weighted by Crippen LogP contribution is -2.28. The molecule has 7 nitrogen and oxygen atoms in total. The Morgan fingerprint density at radius 1 is 1.22 bits per heavy atom. The summed E-state index contributed by atoms with van der Waals surface area (Å²) in [4.78, 5) is 21.0. The molecule has 0 saturated carbocycles. The van der Waals surface area contributed by atoms with Crippen molar-refractivity contribution in [3.05, 3.63) is 53.1 Å². The number of fused-ring (bicyclic) bond motifs is 1. The highest BCUT2D eigenvalue weighted by Crippen LogP contribution is 2.08. The van der Waals surface area contributed by atoms with E-state index in [4.69, 9.17) is 0 Å². The lowest BCUT2D eigenvalue weighted by Gasteiger charge is -2.18. The van der Waals surface area contributed by atoms with Gasteiger partial charge in [0.05, 0.1) is 29.4 Å². The third-order valence-corrected chi connectivity index (χ3v) is 3.54. The molecule has 2 aromatic heterocycles. The number of aryl methyl sites for hydroxylation is 2. The highest BCUT2D eigenvalue weighted by Gasteiger charge is 2.16. The summed E-state index contributed by atoms with van der Waals surface area (Å²) in [6.07, 6.45) is 3.56. The molecule has 1 aromatic carbocycles. The summed E-state index contributed by atoms with van der Waals surface area (Å²) < 4.78 is 3.24. The Bertz CT molecular complexity index is 876.